The third-order valence-electron chi connectivity index (χ3n) is 2.88. The molecule has 0 unspecified atom stereocenters. The molecule has 0 radical (unpaired) electrons. The number of nitrogens with zero attached hydrogens (tertiary/aromatic N) is 1. The number of carbonyl (C=O) groups is 3. The standard InChI is InChI=1S/C10H12N2O5S/c1-17-5(13)2-4-3-18-9-6(11)8(14)12(9)7(4)10(15)16/h6,9H,2-3,11H2,1H3,(H,15,16)/t6-,9+/m1/s1. The molecule has 18 heavy (non-hydrogen) atoms. The number of methoxy groups -OCH3 is 1. The van der Waals surface area contributed by atoms with E-state index in [1.54, 1.807) is 0 Å². The van der Waals surface area contributed by atoms with E-state index in [4.69, 9.17) is 10.8 Å². The highest BCUT2D eigenvalue weighted by Crippen LogP contribution is 2.40. The largest absolute Gasteiger partial charge is 0.477 e. The number of fused-ring (bicyclic) bond motifs is 1. The smallest absolute Gasteiger partial charge is 0.352 e. The van der Waals surface area contributed by atoms with Gasteiger partial charge in [-0.1, -0.05) is 0 Å². The van der Waals surface area contributed by atoms with Crippen LogP contribution in [0.5, 0.6) is 0 Å². The SMILES string of the molecule is COC(=O)CC1=C(C(=O)O)N2C(=O)[C@@H](N)[C@@H]2SC1. The van der Waals surface area contributed by atoms with Crippen molar-refractivity contribution in [3.63, 3.8) is 0 Å². The number of hydrogen-bond donors (Lipinski definition) is 2. The predicted octanol–water partition coefficient (Wildman–Crippen LogP) is -0.869. The van der Waals surface area contributed by atoms with Gasteiger partial charge in [0.2, 0.25) is 5.91 Å². The van der Waals surface area contributed by atoms with Crippen LogP contribution in [0.1, 0.15) is 6.42 Å². The van der Waals surface area contributed by atoms with Gasteiger partial charge in [-0.3, -0.25) is 14.5 Å². The van der Waals surface area contributed by atoms with E-state index >= 15 is 0 Å². The van der Waals surface area contributed by atoms with Crippen molar-refractivity contribution < 1.29 is 24.2 Å². The van der Waals surface area contributed by atoms with Gasteiger partial charge in [-0.05, 0) is 5.57 Å². The van der Waals surface area contributed by atoms with Gasteiger partial charge in [0.1, 0.15) is 17.1 Å². The van der Waals surface area contributed by atoms with Crippen molar-refractivity contribution in [2.75, 3.05) is 12.9 Å². The first-order chi connectivity index (χ1) is 8.47. The summed E-state index contributed by atoms with van der Waals surface area (Å²) >= 11 is 1.36. The van der Waals surface area contributed by atoms with E-state index in [2.05, 4.69) is 4.74 Å². The molecule has 98 valence electrons. The number of β-lactam (4-membered cyclic amide) rings is 1. The number of esters is 1. The van der Waals surface area contributed by atoms with E-state index < -0.39 is 23.9 Å². The number of ether oxygens (including phenoxy) is 1. The summed E-state index contributed by atoms with van der Waals surface area (Å²) in [5.41, 5.74) is 5.85. The van der Waals surface area contributed by atoms with Gasteiger partial charge in [0.05, 0.1) is 13.5 Å². The average molecular weight is 272 g/mol. The fourth-order valence-corrected chi connectivity index (χ4v) is 3.26. The molecular weight excluding hydrogens is 260 g/mol. The summed E-state index contributed by atoms with van der Waals surface area (Å²) in [5, 5.41) is 8.82. The molecule has 0 saturated carbocycles. The molecule has 0 aliphatic carbocycles. The molecular formula is C10H12N2O5S. The van der Waals surface area contributed by atoms with Gasteiger partial charge in [-0.15, -0.1) is 11.8 Å². The number of hydrogen-bond acceptors (Lipinski definition) is 6. The van der Waals surface area contributed by atoms with Crippen molar-refractivity contribution in [3.8, 4) is 0 Å². The minimum atomic E-state index is -1.22. The van der Waals surface area contributed by atoms with Crippen molar-refractivity contribution in [2.45, 2.75) is 17.8 Å². The van der Waals surface area contributed by atoms with Crippen LogP contribution >= 0.6 is 11.8 Å². The Kier molecular flexibility index (Phi) is 3.31. The third-order valence-corrected chi connectivity index (χ3v) is 4.24. The maximum atomic E-state index is 11.6. The maximum absolute atomic E-state index is 11.6. The number of rotatable bonds is 3. The van der Waals surface area contributed by atoms with E-state index in [-0.39, 0.29) is 17.5 Å². The molecule has 1 fully saturated rings. The van der Waals surface area contributed by atoms with E-state index in [1.807, 2.05) is 0 Å². The van der Waals surface area contributed by atoms with Crippen LogP contribution in [-0.2, 0) is 19.1 Å². The predicted molar refractivity (Wildman–Crippen MR) is 62.4 cm³/mol. The Morgan fingerprint density at radius 2 is 2.28 bits per heavy atom. The summed E-state index contributed by atoms with van der Waals surface area (Å²) in [7, 11) is 1.23. The van der Waals surface area contributed by atoms with Crippen LogP contribution in [0.4, 0.5) is 0 Å². The Morgan fingerprint density at radius 3 is 2.83 bits per heavy atom. The Balaban J connectivity index is 2.32. The maximum Gasteiger partial charge on any atom is 0.352 e. The Bertz CT molecular complexity index is 461. The van der Waals surface area contributed by atoms with Gasteiger partial charge in [-0.2, -0.15) is 0 Å². The minimum absolute atomic E-state index is 0.128. The van der Waals surface area contributed by atoms with Gasteiger partial charge >= 0.3 is 11.9 Å². The van der Waals surface area contributed by atoms with Crippen molar-refractivity contribution in [1.82, 2.24) is 4.90 Å². The number of thioether (sulfide) groups is 1. The molecule has 8 heteroatoms. The molecule has 3 N–H and O–H groups in total. The molecule has 7 nitrogen and oxygen atoms in total. The van der Waals surface area contributed by atoms with Gasteiger partial charge < -0.3 is 15.6 Å². The summed E-state index contributed by atoms with van der Waals surface area (Å²) in [6.07, 6.45) is -0.128. The van der Waals surface area contributed by atoms with Crippen molar-refractivity contribution in [3.05, 3.63) is 11.3 Å². The second-order valence-electron chi connectivity index (χ2n) is 3.95. The first-order valence-electron chi connectivity index (χ1n) is 5.19. The highest BCUT2D eigenvalue weighted by Gasteiger charge is 2.51. The summed E-state index contributed by atoms with van der Waals surface area (Å²) < 4.78 is 4.51. The molecule has 0 bridgehead atoms. The number of amides is 1. The molecule has 1 amide bonds. The third kappa shape index (κ3) is 1.87. The molecule has 0 aromatic carbocycles. The first kappa shape index (κ1) is 12.9. The molecule has 2 heterocycles. The highest BCUT2D eigenvalue weighted by molar-refractivity contribution is 8.00. The van der Waals surface area contributed by atoms with E-state index in [1.165, 1.54) is 18.9 Å². The monoisotopic (exact) mass is 272 g/mol. The van der Waals surface area contributed by atoms with E-state index in [0.29, 0.717) is 11.3 Å². The van der Waals surface area contributed by atoms with Gasteiger partial charge in [0.25, 0.3) is 0 Å². The lowest BCUT2D eigenvalue weighted by molar-refractivity contribution is -0.148. The average Bonchev–Trinajstić information content (AvgIpc) is 2.36. The minimum Gasteiger partial charge on any atom is -0.477 e. The fraction of sp³-hybridized carbons (Fsp3) is 0.500. The van der Waals surface area contributed by atoms with Crippen molar-refractivity contribution in [2.24, 2.45) is 5.73 Å². The molecule has 2 atom stereocenters. The van der Waals surface area contributed by atoms with Crippen molar-refractivity contribution in [1.29, 1.82) is 0 Å². The number of carboxylic acids is 1. The number of carboxylic acid groups (broad SMARTS) is 1. The zero-order chi connectivity index (χ0) is 13.4. The lowest BCUT2D eigenvalue weighted by atomic mass is 10.0. The first-order valence-corrected chi connectivity index (χ1v) is 6.24. The van der Waals surface area contributed by atoms with Crippen LogP contribution in [0.2, 0.25) is 0 Å². The van der Waals surface area contributed by atoms with Crippen molar-refractivity contribution >= 4 is 29.6 Å². The van der Waals surface area contributed by atoms with Crippen LogP contribution in [0.15, 0.2) is 11.3 Å². The quantitative estimate of drug-likeness (QED) is 0.507. The lowest BCUT2D eigenvalue weighted by Crippen LogP contribution is -2.68. The normalized spacial score (nSPS) is 26.6. The topological polar surface area (TPSA) is 110 Å². The highest BCUT2D eigenvalue weighted by atomic mass is 32.2. The Hall–Kier alpha value is -1.54. The van der Waals surface area contributed by atoms with E-state index in [9.17, 15) is 14.4 Å². The van der Waals surface area contributed by atoms with Crippen LogP contribution < -0.4 is 5.73 Å². The van der Waals surface area contributed by atoms with Crippen LogP contribution in [0, 0.1) is 0 Å². The number of nitrogens with two attached hydrogens (primary N) is 1. The number of carbonyl (C=O) groups excluding carboxylic acids is 2. The molecule has 1 saturated heterocycles. The van der Waals surface area contributed by atoms with Crippen LogP contribution in [-0.4, -0.2) is 52.1 Å². The second-order valence-corrected chi connectivity index (χ2v) is 5.05. The fourth-order valence-electron chi connectivity index (χ4n) is 1.96. The van der Waals surface area contributed by atoms with Crippen LogP contribution in [0.25, 0.3) is 0 Å². The van der Waals surface area contributed by atoms with Gasteiger partial charge in [0, 0.05) is 5.75 Å². The van der Waals surface area contributed by atoms with Crippen LogP contribution in [0.3, 0.4) is 0 Å². The summed E-state index contributed by atoms with van der Waals surface area (Å²) in [6.45, 7) is 0. The Labute approximate surface area is 107 Å². The lowest BCUT2D eigenvalue weighted by Gasteiger charge is -2.47. The number of aliphatic carboxylic acids is 1. The Morgan fingerprint density at radius 1 is 1.61 bits per heavy atom. The van der Waals surface area contributed by atoms with Gasteiger partial charge in [0.15, 0.2) is 0 Å². The molecule has 0 aromatic heterocycles. The molecule has 2 rings (SSSR count). The summed E-state index contributed by atoms with van der Waals surface area (Å²) in [4.78, 5) is 35.2. The van der Waals surface area contributed by atoms with Gasteiger partial charge in [-0.25, -0.2) is 4.79 Å². The van der Waals surface area contributed by atoms with E-state index in [0.717, 1.165) is 4.90 Å². The molecule has 2 aliphatic rings. The zero-order valence-electron chi connectivity index (χ0n) is 9.58. The second kappa shape index (κ2) is 4.62. The summed E-state index contributed by atoms with van der Waals surface area (Å²) in [6, 6.07) is -0.663. The summed E-state index contributed by atoms with van der Waals surface area (Å²) in [5.74, 6) is -1.81. The zero-order valence-corrected chi connectivity index (χ0v) is 10.4. The molecule has 2 aliphatic heterocycles. The molecule has 0 aromatic rings. The molecule has 0 spiro atoms.